The second kappa shape index (κ2) is 3.66. The van der Waals surface area contributed by atoms with E-state index in [-0.39, 0.29) is 0 Å². The van der Waals surface area contributed by atoms with Gasteiger partial charge in [0.25, 0.3) is 0 Å². The number of benzene rings is 1. The molecule has 1 saturated heterocycles. The molecule has 1 unspecified atom stereocenters. The Balaban J connectivity index is 2.22. The number of allylic oxidation sites excluding steroid dienone is 1. The van der Waals surface area contributed by atoms with Crippen molar-refractivity contribution < 1.29 is 0 Å². The average molecular weight is 186 g/mol. The molecule has 1 aromatic carbocycles. The summed E-state index contributed by atoms with van der Waals surface area (Å²) < 4.78 is 0. The zero-order chi connectivity index (χ0) is 9.97. The van der Waals surface area contributed by atoms with E-state index in [2.05, 4.69) is 42.7 Å². The molecule has 0 amide bonds. The first kappa shape index (κ1) is 9.00. The second-order valence-electron chi connectivity index (χ2n) is 3.51. The van der Waals surface area contributed by atoms with E-state index in [0.29, 0.717) is 5.92 Å². The van der Waals surface area contributed by atoms with Crippen molar-refractivity contribution in [3.05, 3.63) is 48.2 Å². The molecule has 1 aliphatic rings. The lowest BCUT2D eigenvalue weighted by Crippen LogP contribution is -2.09. The summed E-state index contributed by atoms with van der Waals surface area (Å²) in [6, 6.07) is 10.4. The van der Waals surface area contributed by atoms with E-state index in [1.165, 1.54) is 5.56 Å². The van der Waals surface area contributed by atoms with Gasteiger partial charge in [-0.15, -0.1) is 0 Å². The van der Waals surface area contributed by atoms with Crippen LogP contribution in [-0.2, 0) is 0 Å². The van der Waals surface area contributed by atoms with Crippen molar-refractivity contribution in [2.45, 2.75) is 12.3 Å². The predicted molar refractivity (Wildman–Crippen MR) is 59.2 cm³/mol. The molecule has 0 bridgehead atoms. The van der Waals surface area contributed by atoms with Gasteiger partial charge in [-0.25, -0.2) is 0 Å². The maximum Gasteiger partial charge on any atom is 0.0421 e. The first-order chi connectivity index (χ1) is 6.83. The number of hydrogen-bond acceptors (Lipinski definition) is 2. The van der Waals surface area contributed by atoms with Gasteiger partial charge in [0.15, 0.2) is 0 Å². The maximum absolute atomic E-state index is 4.06. The molecule has 0 saturated carbocycles. The highest BCUT2D eigenvalue weighted by Crippen LogP contribution is 2.35. The molecule has 0 N–H and O–H groups in total. The van der Waals surface area contributed by atoms with Crippen LogP contribution in [0.2, 0.25) is 0 Å². The largest absolute Gasteiger partial charge is 0.270 e. The van der Waals surface area contributed by atoms with Gasteiger partial charge in [0, 0.05) is 24.9 Å². The minimum atomic E-state index is 0.418. The van der Waals surface area contributed by atoms with E-state index in [9.17, 15) is 0 Å². The second-order valence-corrected chi connectivity index (χ2v) is 3.51. The molecule has 0 aliphatic carbocycles. The molecular formula is C12H14N2. The third-order valence-corrected chi connectivity index (χ3v) is 2.74. The Morgan fingerprint density at radius 1 is 1.29 bits per heavy atom. The van der Waals surface area contributed by atoms with Gasteiger partial charge in [-0.05, 0) is 12.0 Å². The maximum atomic E-state index is 4.06. The summed E-state index contributed by atoms with van der Waals surface area (Å²) in [5, 5.41) is 5.81. The summed E-state index contributed by atoms with van der Waals surface area (Å²) in [6.45, 7) is 8.53. The SMILES string of the molecule is C=NN1CCC(c2ccccc2)C1=C. The molecule has 2 heteroatoms. The van der Waals surface area contributed by atoms with E-state index in [1.54, 1.807) is 0 Å². The number of rotatable bonds is 2. The van der Waals surface area contributed by atoms with Crippen molar-refractivity contribution in [1.82, 2.24) is 5.01 Å². The fourth-order valence-electron chi connectivity index (χ4n) is 1.95. The lowest BCUT2D eigenvalue weighted by Gasteiger charge is -2.15. The smallest absolute Gasteiger partial charge is 0.0421 e. The van der Waals surface area contributed by atoms with Crippen LogP contribution in [0, 0.1) is 0 Å². The summed E-state index contributed by atoms with van der Waals surface area (Å²) in [7, 11) is 0. The van der Waals surface area contributed by atoms with Crippen LogP contribution < -0.4 is 0 Å². The first-order valence-corrected chi connectivity index (χ1v) is 4.81. The molecule has 14 heavy (non-hydrogen) atoms. The van der Waals surface area contributed by atoms with Crippen LogP contribution in [0.25, 0.3) is 0 Å². The lowest BCUT2D eigenvalue weighted by molar-refractivity contribution is 0.423. The van der Waals surface area contributed by atoms with Gasteiger partial charge in [0.1, 0.15) is 0 Å². The van der Waals surface area contributed by atoms with Crippen LogP contribution in [0.4, 0.5) is 0 Å². The van der Waals surface area contributed by atoms with Gasteiger partial charge >= 0.3 is 0 Å². The van der Waals surface area contributed by atoms with Crippen molar-refractivity contribution in [3.8, 4) is 0 Å². The van der Waals surface area contributed by atoms with Crippen molar-refractivity contribution in [2.75, 3.05) is 6.54 Å². The predicted octanol–water partition coefficient (Wildman–Crippen LogP) is 2.61. The summed E-state index contributed by atoms with van der Waals surface area (Å²) in [6.07, 6.45) is 1.09. The molecule has 1 aromatic rings. The van der Waals surface area contributed by atoms with Gasteiger partial charge in [0.05, 0.1) is 0 Å². The van der Waals surface area contributed by atoms with E-state index < -0.39 is 0 Å². The highest BCUT2D eigenvalue weighted by atomic mass is 15.5. The zero-order valence-electron chi connectivity index (χ0n) is 8.19. The van der Waals surface area contributed by atoms with Gasteiger partial charge in [-0.3, -0.25) is 5.01 Å². The van der Waals surface area contributed by atoms with E-state index in [0.717, 1.165) is 18.7 Å². The molecule has 0 spiro atoms. The van der Waals surface area contributed by atoms with Crippen LogP contribution >= 0.6 is 0 Å². The third-order valence-electron chi connectivity index (χ3n) is 2.74. The summed E-state index contributed by atoms with van der Waals surface area (Å²) in [5.41, 5.74) is 2.38. The van der Waals surface area contributed by atoms with Gasteiger partial charge in [0.2, 0.25) is 0 Å². The fourth-order valence-corrected chi connectivity index (χ4v) is 1.95. The van der Waals surface area contributed by atoms with E-state index >= 15 is 0 Å². The quantitative estimate of drug-likeness (QED) is 0.648. The van der Waals surface area contributed by atoms with Crippen LogP contribution in [0.5, 0.6) is 0 Å². The Bertz CT molecular complexity index is 343. The fraction of sp³-hybridized carbons (Fsp3) is 0.250. The molecule has 1 aliphatic heterocycles. The molecule has 1 heterocycles. The van der Waals surface area contributed by atoms with E-state index in [1.807, 2.05) is 11.1 Å². The highest BCUT2D eigenvalue weighted by molar-refractivity contribution is 5.31. The molecule has 0 aromatic heterocycles. The van der Waals surface area contributed by atoms with Gasteiger partial charge in [-0.2, -0.15) is 5.10 Å². The topological polar surface area (TPSA) is 15.6 Å². The van der Waals surface area contributed by atoms with Crippen LogP contribution in [-0.4, -0.2) is 18.3 Å². The molecule has 2 nitrogen and oxygen atoms in total. The molecule has 1 atom stereocenters. The monoisotopic (exact) mass is 186 g/mol. The summed E-state index contributed by atoms with van der Waals surface area (Å²) in [4.78, 5) is 0. The number of hydrazone groups is 1. The van der Waals surface area contributed by atoms with Gasteiger partial charge < -0.3 is 0 Å². The van der Waals surface area contributed by atoms with Gasteiger partial charge in [-0.1, -0.05) is 36.9 Å². The standard InChI is InChI=1S/C12H14N2/c1-10-12(8-9-14(10)13-2)11-6-4-3-5-7-11/h3-7,12H,1-2,8-9H2. The zero-order valence-corrected chi connectivity index (χ0v) is 8.19. The van der Waals surface area contributed by atoms with Crippen LogP contribution in [0.15, 0.2) is 47.7 Å². The van der Waals surface area contributed by atoms with Crippen molar-refractivity contribution in [2.24, 2.45) is 5.10 Å². The normalized spacial score (nSPS) is 21.3. The van der Waals surface area contributed by atoms with E-state index in [4.69, 9.17) is 0 Å². The third kappa shape index (κ3) is 1.43. The lowest BCUT2D eigenvalue weighted by atomic mass is 9.96. The average Bonchev–Trinajstić information content (AvgIpc) is 2.61. The molecule has 72 valence electrons. The Labute approximate surface area is 84.6 Å². The Hall–Kier alpha value is -1.57. The summed E-state index contributed by atoms with van der Waals surface area (Å²) in [5.74, 6) is 0.418. The number of nitrogens with zero attached hydrogens (tertiary/aromatic N) is 2. The van der Waals surface area contributed by atoms with Crippen molar-refractivity contribution in [3.63, 3.8) is 0 Å². The van der Waals surface area contributed by atoms with Crippen LogP contribution in [0.3, 0.4) is 0 Å². The highest BCUT2D eigenvalue weighted by Gasteiger charge is 2.26. The minimum absolute atomic E-state index is 0.418. The molecule has 2 rings (SSSR count). The first-order valence-electron chi connectivity index (χ1n) is 4.81. The molecule has 1 fully saturated rings. The molecular weight excluding hydrogens is 172 g/mol. The van der Waals surface area contributed by atoms with Crippen LogP contribution in [0.1, 0.15) is 17.9 Å². The minimum Gasteiger partial charge on any atom is -0.270 e. The Kier molecular flexibility index (Phi) is 2.35. The Morgan fingerprint density at radius 2 is 2.00 bits per heavy atom. The number of hydrogen-bond donors (Lipinski definition) is 0. The van der Waals surface area contributed by atoms with Crippen molar-refractivity contribution >= 4 is 6.72 Å². The Morgan fingerprint density at radius 3 is 2.57 bits per heavy atom. The molecule has 0 radical (unpaired) electrons. The van der Waals surface area contributed by atoms with Crippen molar-refractivity contribution in [1.29, 1.82) is 0 Å². The summed E-state index contributed by atoms with van der Waals surface area (Å²) >= 11 is 0.